The molecule has 1 unspecified atom stereocenters. The third-order valence-electron chi connectivity index (χ3n) is 2.80. The van der Waals surface area contributed by atoms with E-state index in [4.69, 9.17) is 22.1 Å². The summed E-state index contributed by atoms with van der Waals surface area (Å²) >= 11 is 6.06. The molecule has 5 heteroatoms. The summed E-state index contributed by atoms with van der Waals surface area (Å²) < 4.78 is 5.61. The normalized spacial score (nSPS) is 11.9. The Bertz CT molecular complexity index is 624. The van der Waals surface area contributed by atoms with Crippen LogP contribution in [0, 0.1) is 0 Å². The molecule has 2 rings (SSSR count). The molecule has 1 atom stereocenters. The number of carbonyl (C=O) groups is 1. The van der Waals surface area contributed by atoms with Gasteiger partial charge in [0.2, 0.25) is 5.91 Å². The van der Waals surface area contributed by atoms with Gasteiger partial charge in [0.1, 0.15) is 11.5 Å². The van der Waals surface area contributed by atoms with E-state index in [2.05, 4.69) is 0 Å². The Hall–Kier alpha value is -2.04. The summed E-state index contributed by atoms with van der Waals surface area (Å²) in [5.41, 5.74) is 6.22. The number of benzene rings is 2. The van der Waals surface area contributed by atoms with E-state index in [1.165, 1.54) is 0 Å². The van der Waals surface area contributed by atoms with Gasteiger partial charge in [0, 0.05) is 5.56 Å². The van der Waals surface area contributed by atoms with Crippen LogP contribution in [-0.4, -0.2) is 11.0 Å². The van der Waals surface area contributed by atoms with Crippen molar-refractivity contribution >= 4 is 17.5 Å². The summed E-state index contributed by atoms with van der Waals surface area (Å²) in [6, 6.07) is 11.5. The van der Waals surface area contributed by atoms with E-state index in [-0.39, 0.29) is 0 Å². The van der Waals surface area contributed by atoms with E-state index >= 15 is 0 Å². The van der Waals surface area contributed by atoms with Crippen molar-refractivity contribution in [3.8, 4) is 11.5 Å². The van der Waals surface area contributed by atoms with Gasteiger partial charge in [-0.25, -0.2) is 0 Å². The molecule has 0 aliphatic carbocycles. The van der Waals surface area contributed by atoms with Crippen LogP contribution in [0.1, 0.15) is 28.9 Å². The summed E-state index contributed by atoms with van der Waals surface area (Å²) in [4.78, 5) is 11.0. The lowest BCUT2D eigenvalue weighted by molar-refractivity contribution is 0.100. The van der Waals surface area contributed by atoms with Crippen LogP contribution < -0.4 is 10.5 Å². The zero-order valence-corrected chi connectivity index (χ0v) is 11.6. The summed E-state index contributed by atoms with van der Waals surface area (Å²) in [7, 11) is 0. The molecule has 0 aromatic heterocycles. The number of rotatable bonds is 4. The molecule has 2 aromatic carbocycles. The molecular formula is C15H14ClNO3. The van der Waals surface area contributed by atoms with Crippen molar-refractivity contribution in [2.45, 2.75) is 13.0 Å². The van der Waals surface area contributed by atoms with Gasteiger partial charge < -0.3 is 15.6 Å². The zero-order valence-electron chi connectivity index (χ0n) is 10.8. The maximum atomic E-state index is 11.0. The second-order valence-corrected chi connectivity index (χ2v) is 4.76. The first-order valence-corrected chi connectivity index (χ1v) is 6.40. The lowest BCUT2D eigenvalue weighted by atomic mass is 10.1. The van der Waals surface area contributed by atoms with Crippen molar-refractivity contribution in [1.29, 1.82) is 0 Å². The average Bonchev–Trinajstić information content (AvgIpc) is 2.39. The number of halogens is 1. The smallest absolute Gasteiger partial charge is 0.248 e. The van der Waals surface area contributed by atoms with Crippen molar-refractivity contribution in [2.24, 2.45) is 5.73 Å². The van der Waals surface area contributed by atoms with Crippen LogP contribution in [0.3, 0.4) is 0 Å². The fourth-order valence-corrected chi connectivity index (χ4v) is 2.06. The topological polar surface area (TPSA) is 72.6 Å². The van der Waals surface area contributed by atoms with Gasteiger partial charge in [-0.1, -0.05) is 17.7 Å². The molecular weight excluding hydrogens is 278 g/mol. The monoisotopic (exact) mass is 291 g/mol. The molecule has 0 spiro atoms. The predicted octanol–water partition coefficient (Wildman–Crippen LogP) is 3.28. The third kappa shape index (κ3) is 3.29. The van der Waals surface area contributed by atoms with Crippen molar-refractivity contribution in [2.75, 3.05) is 0 Å². The lowest BCUT2D eigenvalue weighted by Gasteiger charge is -2.10. The van der Waals surface area contributed by atoms with E-state index in [1.807, 2.05) is 0 Å². The summed E-state index contributed by atoms with van der Waals surface area (Å²) in [5.74, 6) is 0.628. The molecule has 0 saturated heterocycles. The highest BCUT2D eigenvalue weighted by molar-refractivity contribution is 6.31. The molecule has 2 aromatic rings. The molecule has 0 aliphatic rings. The van der Waals surface area contributed by atoms with Gasteiger partial charge in [-0.05, 0) is 48.9 Å². The number of amides is 1. The van der Waals surface area contributed by atoms with Crippen LogP contribution in [0.4, 0.5) is 0 Å². The van der Waals surface area contributed by atoms with Gasteiger partial charge in [0.15, 0.2) is 0 Å². The maximum Gasteiger partial charge on any atom is 0.248 e. The fraction of sp³-hybridized carbons (Fsp3) is 0.133. The quantitative estimate of drug-likeness (QED) is 0.908. The number of nitrogens with two attached hydrogens (primary N) is 1. The van der Waals surface area contributed by atoms with E-state index in [1.54, 1.807) is 49.4 Å². The largest absolute Gasteiger partial charge is 0.457 e. The van der Waals surface area contributed by atoms with Crippen LogP contribution >= 0.6 is 11.6 Å². The first-order valence-electron chi connectivity index (χ1n) is 6.02. The number of carbonyl (C=O) groups excluding carboxylic acids is 1. The number of hydrogen-bond donors (Lipinski definition) is 2. The Morgan fingerprint density at radius 3 is 2.30 bits per heavy atom. The lowest BCUT2D eigenvalue weighted by Crippen LogP contribution is -2.10. The second kappa shape index (κ2) is 5.94. The van der Waals surface area contributed by atoms with Gasteiger partial charge in [0.25, 0.3) is 0 Å². The highest BCUT2D eigenvalue weighted by atomic mass is 35.5. The van der Waals surface area contributed by atoms with Crippen LogP contribution in [0.25, 0.3) is 0 Å². The van der Waals surface area contributed by atoms with Crippen LogP contribution in [-0.2, 0) is 0 Å². The number of aliphatic hydroxyl groups is 1. The molecule has 0 bridgehead atoms. The van der Waals surface area contributed by atoms with E-state index in [0.29, 0.717) is 27.6 Å². The highest BCUT2D eigenvalue weighted by Crippen LogP contribution is 2.29. The van der Waals surface area contributed by atoms with Crippen molar-refractivity contribution in [1.82, 2.24) is 0 Å². The third-order valence-corrected chi connectivity index (χ3v) is 3.12. The number of primary amides is 1. The second-order valence-electron chi connectivity index (χ2n) is 4.35. The van der Waals surface area contributed by atoms with Gasteiger partial charge in [-0.2, -0.15) is 0 Å². The van der Waals surface area contributed by atoms with Gasteiger partial charge in [0.05, 0.1) is 11.1 Å². The molecule has 0 heterocycles. The minimum absolute atomic E-state index is 0.417. The van der Waals surface area contributed by atoms with Crippen molar-refractivity contribution in [3.05, 3.63) is 58.6 Å². The highest BCUT2D eigenvalue weighted by Gasteiger charge is 2.08. The first kappa shape index (κ1) is 14.4. The van der Waals surface area contributed by atoms with Crippen LogP contribution in [0.5, 0.6) is 11.5 Å². The number of aliphatic hydroxyl groups excluding tert-OH is 1. The van der Waals surface area contributed by atoms with E-state index < -0.39 is 12.0 Å². The minimum atomic E-state index is -0.633. The standard InChI is InChI=1S/C15H14ClNO3/c1-9(18)13-7-6-12(8-14(13)16)20-11-4-2-10(3-5-11)15(17)19/h2-9,18H,1H3,(H2,17,19). The molecule has 0 radical (unpaired) electrons. The number of hydrogen-bond acceptors (Lipinski definition) is 3. The molecule has 0 saturated carbocycles. The Morgan fingerprint density at radius 1 is 1.20 bits per heavy atom. The predicted molar refractivity (Wildman–Crippen MR) is 77.1 cm³/mol. The minimum Gasteiger partial charge on any atom is -0.457 e. The van der Waals surface area contributed by atoms with Crippen LogP contribution in [0.15, 0.2) is 42.5 Å². The van der Waals surface area contributed by atoms with E-state index in [0.717, 1.165) is 0 Å². The Labute approximate surface area is 121 Å². The van der Waals surface area contributed by atoms with Gasteiger partial charge >= 0.3 is 0 Å². The zero-order chi connectivity index (χ0) is 14.7. The van der Waals surface area contributed by atoms with Crippen LogP contribution in [0.2, 0.25) is 5.02 Å². The Morgan fingerprint density at radius 2 is 1.80 bits per heavy atom. The summed E-state index contributed by atoms with van der Waals surface area (Å²) in [6.45, 7) is 1.64. The average molecular weight is 292 g/mol. The van der Waals surface area contributed by atoms with Gasteiger partial charge in [-0.15, -0.1) is 0 Å². The number of ether oxygens (including phenoxy) is 1. The van der Waals surface area contributed by atoms with Crippen molar-refractivity contribution < 1.29 is 14.6 Å². The summed E-state index contributed by atoms with van der Waals surface area (Å²) in [5, 5.41) is 9.94. The summed E-state index contributed by atoms with van der Waals surface area (Å²) in [6.07, 6.45) is -0.633. The molecule has 1 amide bonds. The van der Waals surface area contributed by atoms with Gasteiger partial charge in [-0.3, -0.25) is 4.79 Å². The molecule has 3 N–H and O–H groups in total. The molecule has 20 heavy (non-hydrogen) atoms. The van der Waals surface area contributed by atoms with Crippen molar-refractivity contribution in [3.63, 3.8) is 0 Å². The molecule has 0 fully saturated rings. The molecule has 104 valence electrons. The fourth-order valence-electron chi connectivity index (χ4n) is 1.73. The Kier molecular flexibility index (Phi) is 4.27. The molecule has 4 nitrogen and oxygen atoms in total. The van der Waals surface area contributed by atoms with E-state index in [9.17, 15) is 9.90 Å². The molecule has 0 aliphatic heterocycles. The Balaban J connectivity index is 2.17. The SMILES string of the molecule is CC(O)c1ccc(Oc2ccc(C(N)=O)cc2)cc1Cl. The maximum absolute atomic E-state index is 11.0. The first-order chi connectivity index (χ1) is 9.47.